The number of carbonyl (C=O) groups is 2. The van der Waals surface area contributed by atoms with Crippen molar-refractivity contribution in [3.05, 3.63) is 0 Å². The van der Waals surface area contributed by atoms with Crippen molar-refractivity contribution in [1.29, 1.82) is 0 Å². The molecule has 0 spiro atoms. The van der Waals surface area contributed by atoms with Crippen molar-refractivity contribution < 1.29 is 173 Å². The summed E-state index contributed by atoms with van der Waals surface area (Å²) in [6.45, 7) is -2.53. The second-order valence-electron chi connectivity index (χ2n) is 21.1. The smallest absolute Gasteiger partial charge is 0.217 e. The molecule has 7 rings (SSSR count). The lowest BCUT2D eigenvalue weighted by Crippen LogP contribution is -2.71. The number of aliphatic hydroxyl groups is 20. The van der Waals surface area contributed by atoms with E-state index in [1.54, 1.807) is 0 Å². The lowest BCUT2D eigenvalue weighted by molar-refractivity contribution is -0.402. The molecule has 83 heavy (non-hydrogen) atoms. The lowest BCUT2D eigenvalue weighted by atomic mass is 9.93. The lowest BCUT2D eigenvalue weighted by Gasteiger charge is -2.51. The molecule has 0 saturated carbocycles. The van der Waals surface area contributed by atoms with Crippen LogP contribution in [-0.2, 0) is 71.2 Å². The highest BCUT2D eigenvalue weighted by Gasteiger charge is 2.59. The maximum absolute atomic E-state index is 12.9. The summed E-state index contributed by atoms with van der Waals surface area (Å²) in [5.41, 5.74) is 0. The van der Waals surface area contributed by atoms with Crippen molar-refractivity contribution in [2.24, 2.45) is 0 Å². The van der Waals surface area contributed by atoms with E-state index in [2.05, 4.69) is 10.6 Å². The Kier molecular flexibility index (Phi) is 24.0. The number of carbonyl (C=O) groups excluding carboxylic acids is 2. The first-order valence-corrected chi connectivity index (χ1v) is 26.5. The molecule has 37 nitrogen and oxygen atoms in total. The van der Waals surface area contributed by atoms with Crippen LogP contribution in [0.15, 0.2) is 0 Å². The van der Waals surface area contributed by atoms with Gasteiger partial charge in [-0.1, -0.05) is 0 Å². The average molecular weight is 1220 g/mol. The fraction of sp³-hybridized carbons (Fsp3) is 0.957. The third-order valence-electron chi connectivity index (χ3n) is 15.3. The minimum Gasteiger partial charge on any atom is -0.394 e. The van der Waals surface area contributed by atoms with Gasteiger partial charge in [0, 0.05) is 13.8 Å². The number of amides is 2. The molecular weight excluding hydrogens is 1140 g/mol. The second-order valence-corrected chi connectivity index (χ2v) is 21.1. The predicted octanol–water partition coefficient (Wildman–Crippen LogP) is -15.0. The Hall–Kier alpha value is -2.38. The van der Waals surface area contributed by atoms with Crippen LogP contribution in [0.5, 0.6) is 0 Å². The van der Waals surface area contributed by atoms with Crippen molar-refractivity contribution in [2.75, 3.05) is 39.6 Å². The summed E-state index contributed by atoms with van der Waals surface area (Å²) in [4.78, 5) is 25.1. The predicted molar refractivity (Wildman–Crippen MR) is 254 cm³/mol. The maximum Gasteiger partial charge on any atom is 0.217 e. The van der Waals surface area contributed by atoms with Gasteiger partial charge in [-0.2, -0.15) is 0 Å². The average Bonchev–Trinajstić information content (AvgIpc) is 3.65. The summed E-state index contributed by atoms with van der Waals surface area (Å²) in [5.74, 6) is -1.69. The first kappa shape index (κ1) is 68.1. The van der Waals surface area contributed by atoms with E-state index in [9.17, 15) is 112 Å². The Morgan fingerprint density at radius 2 is 0.675 bits per heavy atom. The Bertz CT molecular complexity index is 2040. The van der Waals surface area contributed by atoms with Crippen molar-refractivity contribution in [3.63, 3.8) is 0 Å². The number of hydrogen-bond donors (Lipinski definition) is 22. The van der Waals surface area contributed by atoms with Crippen molar-refractivity contribution in [1.82, 2.24) is 10.6 Å². The molecule has 0 aromatic carbocycles. The molecule has 7 aliphatic rings. The highest BCUT2D eigenvalue weighted by molar-refractivity contribution is 5.73. The Balaban J connectivity index is 1.22. The molecule has 0 aliphatic carbocycles. The normalized spacial score (nSPS) is 50.8. The molecule has 22 N–H and O–H groups in total. The van der Waals surface area contributed by atoms with Crippen LogP contribution in [0.4, 0.5) is 0 Å². The molecule has 0 aromatic rings. The van der Waals surface area contributed by atoms with Gasteiger partial charge in [0.2, 0.25) is 11.8 Å². The van der Waals surface area contributed by atoms with Gasteiger partial charge in [-0.05, 0) is 6.92 Å². The fourth-order valence-corrected chi connectivity index (χ4v) is 10.5. The number of aliphatic hydroxyl groups excluding tert-OH is 20. The molecule has 7 aliphatic heterocycles. The third-order valence-corrected chi connectivity index (χ3v) is 15.3. The van der Waals surface area contributed by atoms with E-state index in [0.717, 1.165) is 13.8 Å². The van der Waals surface area contributed by atoms with E-state index in [1.807, 2.05) is 0 Å². The summed E-state index contributed by atoms with van der Waals surface area (Å²) in [6.07, 6.45) is -64.4. The van der Waals surface area contributed by atoms with Crippen LogP contribution in [0.3, 0.4) is 0 Å². The second kappa shape index (κ2) is 29.3. The van der Waals surface area contributed by atoms with Gasteiger partial charge < -0.3 is 174 Å². The molecular formula is C46H78N2O35. The zero-order chi connectivity index (χ0) is 61.2. The van der Waals surface area contributed by atoms with Gasteiger partial charge in [-0.15, -0.1) is 0 Å². The highest BCUT2D eigenvalue weighted by atomic mass is 16.8. The van der Waals surface area contributed by atoms with Gasteiger partial charge in [0.15, 0.2) is 44.0 Å². The van der Waals surface area contributed by atoms with Gasteiger partial charge in [-0.3, -0.25) is 9.59 Å². The van der Waals surface area contributed by atoms with Crippen LogP contribution in [0.25, 0.3) is 0 Å². The summed E-state index contributed by atoms with van der Waals surface area (Å²) in [7, 11) is 0. The van der Waals surface area contributed by atoms with Crippen molar-refractivity contribution in [2.45, 2.75) is 236 Å². The topological polar surface area (TPSA) is 583 Å². The molecule has 7 fully saturated rings. The standard InChI is InChI=1S/C46H78N2O35/c1-10-21(55)27(61)31(65)42(73-10)71-8-17-37(25(59)19(40(70)74-17)47-11(2)53)80-41-20(48-12(3)54)26(60)36(16(7-52)78-41)81-46-35(69)39(83-45-34(68)30(64)24(58)15(6-51)77-45)38(82-44-33(67)29(63)23(57)14(5-50)76-44)18(79-46)9-72-43-32(66)28(62)22(56)13(4-49)75-43/h10,13-46,49-52,55-70H,4-9H2,1-3H3,(H,47,53)(H,48,54)/t10-,13+,14+,15+,16+,17+,18+,19+,20+,21+,22+,23-,24+,25+,26+,27+,28-,29-,30-,31-,32-,33+,34-,35-,36+,37+,38+,39+,40+,41-,42+,43-,44-,45+,46-/m0/s1. The van der Waals surface area contributed by atoms with E-state index in [0.29, 0.717) is 0 Å². The summed E-state index contributed by atoms with van der Waals surface area (Å²) < 4.78 is 75.8. The molecule has 35 atom stereocenters. The van der Waals surface area contributed by atoms with Crippen LogP contribution in [0.2, 0.25) is 0 Å². The minimum atomic E-state index is -2.42. The van der Waals surface area contributed by atoms with Gasteiger partial charge in [0.25, 0.3) is 0 Å². The third kappa shape index (κ3) is 14.9. The molecule has 0 radical (unpaired) electrons. The number of nitrogens with one attached hydrogen (secondary N) is 2. The molecule has 0 aromatic heterocycles. The number of hydrogen-bond acceptors (Lipinski definition) is 35. The summed E-state index contributed by atoms with van der Waals surface area (Å²) in [5, 5.41) is 221. The van der Waals surface area contributed by atoms with Crippen LogP contribution >= 0.6 is 0 Å². The van der Waals surface area contributed by atoms with Crippen LogP contribution in [0.1, 0.15) is 20.8 Å². The zero-order valence-electron chi connectivity index (χ0n) is 44.5. The Labute approximate surface area is 470 Å². The van der Waals surface area contributed by atoms with E-state index in [-0.39, 0.29) is 0 Å². The van der Waals surface area contributed by atoms with Crippen LogP contribution in [-0.4, -0.2) is 368 Å². The van der Waals surface area contributed by atoms with Crippen molar-refractivity contribution in [3.8, 4) is 0 Å². The van der Waals surface area contributed by atoms with E-state index < -0.39 is 266 Å². The summed E-state index contributed by atoms with van der Waals surface area (Å²) in [6, 6.07) is -3.55. The first-order valence-electron chi connectivity index (χ1n) is 26.5. The van der Waals surface area contributed by atoms with Crippen LogP contribution < -0.4 is 10.6 Å². The van der Waals surface area contributed by atoms with Gasteiger partial charge >= 0.3 is 0 Å². The van der Waals surface area contributed by atoms with Crippen LogP contribution in [0, 0.1) is 0 Å². The SMILES string of the molecule is CC(=O)N[C@@H]1[C@@H](O)[C@H](O[C@@H]2O[C@H](CO)[C@@H](O[C@@H]3O[C@H](CO[C@H]4O[C@H](CO)[C@@H](O)[C@H](O)[C@@H]4O)[C@@H](O[C@@H]4O[C@H](CO)[C@H](O)[C@H](O)[C@H]4O)[C@H](O[C@H]4O[C@H](CO)[C@@H](O)[C@H](O)[C@@H]4O)[C@@H]3O)[C@H](O)[C@H]2NC(C)=O)[C@@H](CO[C@@H]2O[C@@H](C)[C@@H](O)[C@@H](O)[C@@H]2O)O[C@H]1O. The molecule has 37 heteroatoms. The largest absolute Gasteiger partial charge is 0.394 e. The maximum atomic E-state index is 12.9. The van der Waals surface area contributed by atoms with E-state index >= 15 is 0 Å². The monoisotopic (exact) mass is 1220 g/mol. The first-order chi connectivity index (χ1) is 39.2. The highest BCUT2D eigenvalue weighted by Crippen LogP contribution is 2.38. The van der Waals surface area contributed by atoms with Gasteiger partial charge in [0.05, 0.1) is 45.7 Å². The quantitative estimate of drug-likeness (QED) is 0.0538. The molecule has 482 valence electrons. The molecule has 7 heterocycles. The summed E-state index contributed by atoms with van der Waals surface area (Å²) >= 11 is 0. The molecule has 0 bridgehead atoms. The number of rotatable bonds is 20. The number of ether oxygens (including phenoxy) is 13. The van der Waals surface area contributed by atoms with E-state index in [4.69, 9.17) is 61.6 Å². The molecule has 0 unspecified atom stereocenters. The zero-order valence-corrected chi connectivity index (χ0v) is 44.5. The van der Waals surface area contributed by atoms with Crippen molar-refractivity contribution >= 4 is 11.8 Å². The Morgan fingerprint density at radius 3 is 1.16 bits per heavy atom. The molecule has 7 saturated heterocycles. The Morgan fingerprint density at radius 1 is 0.337 bits per heavy atom. The van der Waals surface area contributed by atoms with E-state index in [1.165, 1.54) is 6.92 Å². The van der Waals surface area contributed by atoms with Gasteiger partial charge in [-0.25, -0.2) is 0 Å². The minimum absolute atomic E-state index is 0.774. The fourth-order valence-electron chi connectivity index (χ4n) is 10.5. The molecule has 2 amide bonds. The van der Waals surface area contributed by atoms with Gasteiger partial charge in [0.1, 0.15) is 165 Å².